The standard InChI is InChI=1S/C16H25N3O2/c1-4-7-17-15(20)13-6-5-8-19(10-13)16(21)14-11(2)9-12(3)18-14/h9,13,18H,4-8,10H2,1-3H3,(H,17,20). The summed E-state index contributed by atoms with van der Waals surface area (Å²) in [5.74, 6) is 0.00736. The lowest BCUT2D eigenvalue weighted by atomic mass is 9.96. The molecule has 1 atom stereocenters. The number of hydrogen-bond donors (Lipinski definition) is 2. The van der Waals surface area contributed by atoms with Crippen LogP contribution in [0.25, 0.3) is 0 Å². The monoisotopic (exact) mass is 291 g/mol. The van der Waals surface area contributed by atoms with E-state index in [1.165, 1.54) is 0 Å². The largest absolute Gasteiger partial charge is 0.356 e. The summed E-state index contributed by atoms with van der Waals surface area (Å²) in [6.07, 6.45) is 2.68. The molecule has 0 bridgehead atoms. The van der Waals surface area contributed by atoms with Crippen molar-refractivity contribution in [2.24, 2.45) is 5.92 Å². The van der Waals surface area contributed by atoms with Crippen molar-refractivity contribution in [2.75, 3.05) is 19.6 Å². The Morgan fingerprint density at radius 1 is 1.43 bits per heavy atom. The predicted molar refractivity (Wildman–Crippen MR) is 82.2 cm³/mol. The summed E-state index contributed by atoms with van der Waals surface area (Å²) >= 11 is 0. The minimum absolute atomic E-state index is 0.00796. The molecule has 1 unspecified atom stereocenters. The molecule has 1 fully saturated rings. The third-order valence-corrected chi connectivity index (χ3v) is 3.99. The van der Waals surface area contributed by atoms with Crippen molar-refractivity contribution in [2.45, 2.75) is 40.0 Å². The highest BCUT2D eigenvalue weighted by atomic mass is 16.2. The van der Waals surface area contributed by atoms with Gasteiger partial charge in [-0.1, -0.05) is 6.92 Å². The fraction of sp³-hybridized carbons (Fsp3) is 0.625. The van der Waals surface area contributed by atoms with Crippen LogP contribution in [0.1, 0.15) is 47.9 Å². The van der Waals surface area contributed by atoms with Crippen LogP contribution in [0, 0.1) is 19.8 Å². The first-order chi connectivity index (χ1) is 10.0. The van der Waals surface area contributed by atoms with E-state index in [2.05, 4.69) is 10.3 Å². The lowest BCUT2D eigenvalue weighted by Gasteiger charge is -2.32. The maximum absolute atomic E-state index is 12.6. The number of H-pyrrole nitrogens is 1. The number of amides is 2. The van der Waals surface area contributed by atoms with Crippen LogP contribution in [0.4, 0.5) is 0 Å². The number of carbonyl (C=O) groups excluding carboxylic acids is 2. The average Bonchev–Trinajstić information content (AvgIpc) is 2.82. The molecular formula is C16H25N3O2. The van der Waals surface area contributed by atoms with Crippen LogP contribution in [-0.2, 0) is 4.79 Å². The second kappa shape index (κ2) is 6.78. The Labute approximate surface area is 126 Å². The normalized spacial score (nSPS) is 18.6. The minimum Gasteiger partial charge on any atom is -0.356 e. The zero-order valence-corrected chi connectivity index (χ0v) is 13.2. The molecule has 1 saturated heterocycles. The molecule has 2 amide bonds. The molecule has 2 heterocycles. The average molecular weight is 291 g/mol. The van der Waals surface area contributed by atoms with Gasteiger partial charge >= 0.3 is 0 Å². The molecule has 2 rings (SSSR count). The first-order valence-electron chi connectivity index (χ1n) is 7.76. The van der Waals surface area contributed by atoms with Gasteiger partial charge in [-0.25, -0.2) is 0 Å². The molecule has 5 nitrogen and oxygen atoms in total. The van der Waals surface area contributed by atoms with Crippen molar-refractivity contribution in [3.8, 4) is 0 Å². The van der Waals surface area contributed by atoms with E-state index in [1.807, 2.05) is 26.8 Å². The van der Waals surface area contributed by atoms with Gasteiger partial charge in [-0.15, -0.1) is 0 Å². The number of carbonyl (C=O) groups is 2. The maximum atomic E-state index is 12.6. The molecule has 1 aromatic rings. The predicted octanol–water partition coefficient (Wildman–Crippen LogP) is 2.01. The summed E-state index contributed by atoms with van der Waals surface area (Å²) in [6.45, 7) is 7.87. The molecular weight excluding hydrogens is 266 g/mol. The molecule has 1 aromatic heterocycles. The number of piperidine rings is 1. The van der Waals surface area contributed by atoms with Crippen molar-refractivity contribution in [3.05, 3.63) is 23.0 Å². The Kier molecular flexibility index (Phi) is 5.04. The molecule has 0 spiro atoms. The van der Waals surface area contributed by atoms with E-state index in [1.54, 1.807) is 4.90 Å². The van der Waals surface area contributed by atoms with Gasteiger partial charge in [-0.2, -0.15) is 0 Å². The fourth-order valence-corrected chi connectivity index (χ4v) is 2.88. The number of likely N-dealkylation sites (tertiary alicyclic amines) is 1. The van der Waals surface area contributed by atoms with Crippen LogP contribution < -0.4 is 5.32 Å². The van der Waals surface area contributed by atoms with Crippen molar-refractivity contribution < 1.29 is 9.59 Å². The van der Waals surface area contributed by atoms with Crippen molar-refractivity contribution >= 4 is 11.8 Å². The number of aryl methyl sites for hydroxylation is 2. The molecule has 5 heteroatoms. The summed E-state index contributed by atoms with van der Waals surface area (Å²) in [7, 11) is 0. The van der Waals surface area contributed by atoms with E-state index < -0.39 is 0 Å². The van der Waals surface area contributed by atoms with E-state index in [0.29, 0.717) is 18.8 Å². The highest BCUT2D eigenvalue weighted by Crippen LogP contribution is 2.20. The summed E-state index contributed by atoms with van der Waals surface area (Å²) in [4.78, 5) is 29.6. The van der Waals surface area contributed by atoms with Gasteiger partial charge in [0, 0.05) is 25.3 Å². The van der Waals surface area contributed by atoms with Gasteiger partial charge in [0.1, 0.15) is 5.69 Å². The van der Waals surface area contributed by atoms with Gasteiger partial charge in [-0.3, -0.25) is 9.59 Å². The van der Waals surface area contributed by atoms with E-state index in [9.17, 15) is 9.59 Å². The van der Waals surface area contributed by atoms with Crippen LogP contribution >= 0.6 is 0 Å². The Bertz CT molecular complexity index is 522. The Balaban J connectivity index is 2.02. The quantitative estimate of drug-likeness (QED) is 0.891. The SMILES string of the molecule is CCCNC(=O)C1CCCN(C(=O)c2[nH]c(C)cc2C)C1. The van der Waals surface area contributed by atoms with Gasteiger partial charge < -0.3 is 15.2 Å². The molecule has 0 aromatic carbocycles. The van der Waals surface area contributed by atoms with Crippen LogP contribution in [-0.4, -0.2) is 41.3 Å². The molecule has 1 aliphatic rings. The van der Waals surface area contributed by atoms with Gasteiger partial charge in [-0.05, 0) is 44.7 Å². The van der Waals surface area contributed by atoms with E-state index >= 15 is 0 Å². The van der Waals surface area contributed by atoms with E-state index in [-0.39, 0.29) is 17.7 Å². The topological polar surface area (TPSA) is 65.2 Å². The second-order valence-electron chi connectivity index (χ2n) is 5.89. The van der Waals surface area contributed by atoms with Crippen molar-refractivity contribution in [1.82, 2.24) is 15.2 Å². The Hall–Kier alpha value is -1.78. The van der Waals surface area contributed by atoms with Gasteiger partial charge in [0.2, 0.25) is 5.91 Å². The number of aromatic nitrogens is 1. The third kappa shape index (κ3) is 3.65. The van der Waals surface area contributed by atoms with Crippen LogP contribution in [0.15, 0.2) is 6.07 Å². The van der Waals surface area contributed by atoms with Gasteiger partial charge in [0.05, 0.1) is 5.92 Å². The van der Waals surface area contributed by atoms with E-state index in [4.69, 9.17) is 0 Å². The first kappa shape index (κ1) is 15.6. The summed E-state index contributed by atoms with van der Waals surface area (Å²) < 4.78 is 0. The number of nitrogens with one attached hydrogen (secondary N) is 2. The Morgan fingerprint density at radius 2 is 2.19 bits per heavy atom. The Morgan fingerprint density at radius 3 is 2.81 bits per heavy atom. The van der Waals surface area contributed by atoms with Crippen LogP contribution in [0.5, 0.6) is 0 Å². The number of aromatic amines is 1. The first-order valence-corrected chi connectivity index (χ1v) is 7.76. The smallest absolute Gasteiger partial charge is 0.270 e. The minimum atomic E-state index is -0.0781. The maximum Gasteiger partial charge on any atom is 0.270 e. The van der Waals surface area contributed by atoms with Gasteiger partial charge in [0.15, 0.2) is 0 Å². The highest BCUT2D eigenvalue weighted by molar-refractivity contribution is 5.94. The second-order valence-corrected chi connectivity index (χ2v) is 5.89. The lowest BCUT2D eigenvalue weighted by Crippen LogP contribution is -2.45. The lowest BCUT2D eigenvalue weighted by molar-refractivity contribution is -0.126. The molecule has 2 N–H and O–H groups in total. The van der Waals surface area contributed by atoms with Crippen LogP contribution in [0.3, 0.4) is 0 Å². The molecule has 0 saturated carbocycles. The van der Waals surface area contributed by atoms with Crippen molar-refractivity contribution in [1.29, 1.82) is 0 Å². The third-order valence-electron chi connectivity index (χ3n) is 3.99. The summed E-state index contributed by atoms with van der Waals surface area (Å²) in [5.41, 5.74) is 2.61. The summed E-state index contributed by atoms with van der Waals surface area (Å²) in [6, 6.07) is 1.97. The zero-order chi connectivity index (χ0) is 15.4. The highest BCUT2D eigenvalue weighted by Gasteiger charge is 2.29. The number of rotatable bonds is 4. The molecule has 116 valence electrons. The molecule has 0 radical (unpaired) electrons. The van der Waals surface area contributed by atoms with Crippen LogP contribution in [0.2, 0.25) is 0 Å². The number of nitrogens with zero attached hydrogens (tertiary/aromatic N) is 1. The summed E-state index contributed by atoms with van der Waals surface area (Å²) in [5, 5.41) is 2.93. The van der Waals surface area contributed by atoms with Crippen molar-refractivity contribution in [3.63, 3.8) is 0 Å². The zero-order valence-electron chi connectivity index (χ0n) is 13.2. The molecule has 21 heavy (non-hydrogen) atoms. The molecule has 1 aliphatic heterocycles. The van der Waals surface area contributed by atoms with Gasteiger partial charge in [0.25, 0.3) is 5.91 Å². The van der Waals surface area contributed by atoms with E-state index in [0.717, 1.165) is 37.1 Å². The fourth-order valence-electron chi connectivity index (χ4n) is 2.88. The molecule has 0 aliphatic carbocycles. The number of hydrogen-bond acceptors (Lipinski definition) is 2.